The van der Waals surface area contributed by atoms with Gasteiger partial charge in [0.25, 0.3) is 5.56 Å². The van der Waals surface area contributed by atoms with Gasteiger partial charge in [-0.05, 0) is 55.8 Å². The maximum Gasteiger partial charge on any atom is 0.333 e. The van der Waals surface area contributed by atoms with Gasteiger partial charge in [0.05, 0.1) is 23.2 Å². The van der Waals surface area contributed by atoms with Crippen molar-refractivity contribution in [3.05, 3.63) is 100 Å². The van der Waals surface area contributed by atoms with Crippen LogP contribution in [0.3, 0.4) is 0 Å². The number of ether oxygens (including phenoxy) is 2. The molecule has 1 heterocycles. The van der Waals surface area contributed by atoms with Crippen LogP contribution in [0, 0.1) is 6.92 Å². The first-order chi connectivity index (χ1) is 17.0. The first-order valence-electron chi connectivity index (χ1n) is 11.6. The molecule has 35 heavy (non-hydrogen) atoms. The van der Waals surface area contributed by atoms with E-state index in [9.17, 15) is 14.7 Å². The van der Waals surface area contributed by atoms with E-state index in [1.165, 1.54) is 0 Å². The highest BCUT2D eigenvalue weighted by atomic mass is 16.5. The van der Waals surface area contributed by atoms with Gasteiger partial charge in [-0.2, -0.15) is 0 Å². The number of hydrogen-bond acceptors (Lipinski definition) is 5. The van der Waals surface area contributed by atoms with Gasteiger partial charge in [0.15, 0.2) is 6.10 Å². The summed E-state index contributed by atoms with van der Waals surface area (Å²) in [5.74, 6) is 0.298. The van der Waals surface area contributed by atoms with Crippen molar-refractivity contribution in [2.45, 2.75) is 32.8 Å². The molecule has 0 aliphatic carbocycles. The highest BCUT2D eigenvalue weighted by Crippen LogP contribution is 2.17. The van der Waals surface area contributed by atoms with Crippen molar-refractivity contribution in [3.8, 4) is 11.4 Å². The number of aromatic nitrogens is 2. The van der Waals surface area contributed by atoms with Crippen LogP contribution in [0.5, 0.6) is 5.75 Å². The van der Waals surface area contributed by atoms with Crippen LogP contribution in [0.4, 0.5) is 0 Å². The van der Waals surface area contributed by atoms with Gasteiger partial charge in [0.1, 0.15) is 11.6 Å². The standard InChI is InChI=1S/C28H28N2O5/c1-3-34-25(28(32)33)18-20-10-14-22(15-11-20)35-17-16-26-29-24-7-5-4-6-23(24)27(31)30(26)21-12-8-19(2)9-13-21/h4-15,25H,3,16-18H2,1-2H3,(H,32,33). The molecule has 1 N–H and O–H groups in total. The summed E-state index contributed by atoms with van der Waals surface area (Å²) < 4.78 is 12.9. The summed E-state index contributed by atoms with van der Waals surface area (Å²) in [6.07, 6.45) is -0.154. The molecule has 180 valence electrons. The van der Waals surface area contributed by atoms with E-state index in [1.807, 2.05) is 61.5 Å². The molecule has 0 amide bonds. The number of aryl methyl sites for hydroxylation is 1. The summed E-state index contributed by atoms with van der Waals surface area (Å²) >= 11 is 0. The van der Waals surface area contributed by atoms with Crippen LogP contribution in [-0.2, 0) is 22.4 Å². The summed E-state index contributed by atoms with van der Waals surface area (Å²) in [5.41, 5.74) is 3.27. The molecule has 4 aromatic rings. The molecule has 1 aromatic heterocycles. The third-order valence-corrected chi connectivity index (χ3v) is 5.72. The Morgan fingerprint density at radius 2 is 1.74 bits per heavy atom. The predicted octanol–water partition coefficient (Wildman–Crippen LogP) is 4.35. The second-order valence-electron chi connectivity index (χ2n) is 8.25. The average molecular weight is 473 g/mol. The molecule has 0 aliphatic rings. The minimum absolute atomic E-state index is 0.110. The van der Waals surface area contributed by atoms with Crippen LogP contribution >= 0.6 is 0 Å². The zero-order valence-corrected chi connectivity index (χ0v) is 19.8. The largest absolute Gasteiger partial charge is 0.493 e. The zero-order chi connectivity index (χ0) is 24.8. The third kappa shape index (κ3) is 5.75. The van der Waals surface area contributed by atoms with Crippen LogP contribution in [0.1, 0.15) is 23.9 Å². The Hall–Kier alpha value is -3.97. The van der Waals surface area contributed by atoms with E-state index in [-0.39, 0.29) is 12.0 Å². The fourth-order valence-electron chi connectivity index (χ4n) is 3.92. The van der Waals surface area contributed by atoms with E-state index in [0.29, 0.717) is 42.1 Å². The van der Waals surface area contributed by atoms with Crippen LogP contribution in [0.2, 0.25) is 0 Å². The SMILES string of the molecule is CCOC(Cc1ccc(OCCc2nc3ccccc3c(=O)n2-c2ccc(C)cc2)cc1)C(=O)O. The van der Waals surface area contributed by atoms with Gasteiger partial charge < -0.3 is 14.6 Å². The van der Waals surface area contributed by atoms with E-state index >= 15 is 0 Å². The Labute approximate surface area is 203 Å². The lowest BCUT2D eigenvalue weighted by Gasteiger charge is -2.15. The van der Waals surface area contributed by atoms with Crippen molar-refractivity contribution in [1.29, 1.82) is 0 Å². The molecule has 1 unspecified atom stereocenters. The van der Waals surface area contributed by atoms with Gasteiger partial charge >= 0.3 is 5.97 Å². The fourth-order valence-corrected chi connectivity index (χ4v) is 3.92. The quantitative estimate of drug-likeness (QED) is 0.369. The molecule has 7 heteroatoms. The lowest BCUT2D eigenvalue weighted by Crippen LogP contribution is -2.26. The number of aliphatic carboxylic acids is 1. The number of rotatable bonds is 10. The highest BCUT2D eigenvalue weighted by molar-refractivity contribution is 5.77. The molecule has 0 saturated carbocycles. The van der Waals surface area contributed by atoms with E-state index in [2.05, 4.69) is 0 Å². The normalized spacial score (nSPS) is 11.9. The Bertz CT molecular complexity index is 1360. The maximum atomic E-state index is 13.3. The Morgan fingerprint density at radius 1 is 1.03 bits per heavy atom. The Morgan fingerprint density at radius 3 is 2.43 bits per heavy atom. The Balaban J connectivity index is 1.51. The maximum absolute atomic E-state index is 13.3. The van der Waals surface area contributed by atoms with Crippen LogP contribution in [0.15, 0.2) is 77.6 Å². The van der Waals surface area contributed by atoms with Crippen molar-refractivity contribution in [2.75, 3.05) is 13.2 Å². The molecular weight excluding hydrogens is 444 g/mol. The molecule has 0 bridgehead atoms. The molecule has 7 nitrogen and oxygen atoms in total. The smallest absolute Gasteiger partial charge is 0.333 e. The molecule has 1 atom stereocenters. The van der Waals surface area contributed by atoms with Crippen LogP contribution in [-0.4, -0.2) is 39.9 Å². The van der Waals surface area contributed by atoms with E-state index < -0.39 is 12.1 Å². The number of carboxylic acids is 1. The highest BCUT2D eigenvalue weighted by Gasteiger charge is 2.18. The third-order valence-electron chi connectivity index (χ3n) is 5.72. The lowest BCUT2D eigenvalue weighted by atomic mass is 10.1. The second-order valence-corrected chi connectivity index (χ2v) is 8.25. The molecule has 0 saturated heterocycles. The molecule has 0 fully saturated rings. The van der Waals surface area contributed by atoms with Gasteiger partial charge in [0, 0.05) is 19.4 Å². The summed E-state index contributed by atoms with van der Waals surface area (Å²) in [6.45, 7) is 4.45. The summed E-state index contributed by atoms with van der Waals surface area (Å²) in [5, 5.41) is 9.84. The topological polar surface area (TPSA) is 90.7 Å². The van der Waals surface area contributed by atoms with E-state index in [0.717, 1.165) is 16.8 Å². The van der Waals surface area contributed by atoms with Crippen LogP contribution in [0.25, 0.3) is 16.6 Å². The lowest BCUT2D eigenvalue weighted by molar-refractivity contribution is -0.149. The number of hydrogen-bond donors (Lipinski definition) is 1. The van der Waals surface area contributed by atoms with Gasteiger partial charge in [-0.15, -0.1) is 0 Å². The monoisotopic (exact) mass is 472 g/mol. The number of fused-ring (bicyclic) bond motifs is 1. The molecule has 0 radical (unpaired) electrons. The van der Waals surface area contributed by atoms with Crippen molar-refractivity contribution in [2.24, 2.45) is 0 Å². The van der Waals surface area contributed by atoms with Crippen LogP contribution < -0.4 is 10.3 Å². The van der Waals surface area contributed by atoms with E-state index in [1.54, 1.807) is 29.7 Å². The minimum Gasteiger partial charge on any atom is -0.493 e. The molecular formula is C28H28N2O5. The summed E-state index contributed by atoms with van der Waals surface area (Å²) in [7, 11) is 0. The minimum atomic E-state index is -0.977. The molecule has 0 spiro atoms. The summed E-state index contributed by atoms with van der Waals surface area (Å²) in [4.78, 5) is 29.4. The number of carbonyl (C=O) groups is 1. The molecule has 3 aromatic carbocycles. The summed E-state index contributed by atoms with van der Waals surface area (Å²) in [6, 6.07) is 22.4. The van der Waals surface area contributed by atoms with Crippen molar-refractivity contribution in [1.82, 2.24) is 9.55 Å². The molecule has 0 aliphatic heterocycles. The van der Waals surface area contributed by atoms with Gasteiger partial charge in [0.2, 0.25) is 0 Å². The zero-order valence-electron chi connectivity index (χ0n) is 19.8. The molecule has 4 rings (SSSR count). The van der Waals surface area contributed by atoms with Crippen molar-refractivity contribution < 1.29 is 19.4 Å². The van der Waals surface area contributed by atoms with E-state index in [4.69, 9.17) is 14.5 Å². The fraction of sp³-hybridized carbons (Fsp3) is 0.250. The average Bonchev–Trinajstić information content (AvgIpc) is 2.86. The van der Waals surface area contributed by atoms with Gasteiger partial charge in [-0.3, -0.25) is 9.36 Å². The second kappa shape index (κ2) is 11.0. The first kappa shape index (κ1) is 24.2. The number of benzene rings is 3. The van der Waals surface area contributed by atoms with Gasteiger partial charge in [-0.1, -0.05) is 42.0 Å². The van der Waals surface area contributed by atoms with Crippen molar-refractivity contribution >= 4 is 16.9 Å². The number of nitrogens with zero attached hydrogens (tertiary/aromatic N) is 2. The first-order valence-corrected chi connectivity index (χ1v) is 11.6. The number of carboxylic acid groups (broad SMARTS) is 1. The Kier molecular flexibility index (Phi) is 7.57. The number of para-hydroxylation sites is 1. The van der Waals surface area contributed by atoms with Crippen molar-refractivity contribution in [3.63, 3.8) is 0 Å². The van der Waals surface area contributed by atoms with Gasteiger partial charge in [-0.25, -0.2) is 9.78 Å². The predicted molar refractivity (Wildman–Crippen MR) is 134 cm³/mol.